The van der Waals surface area contributed by atoms with Gasteiger partial charge in [-0.15, -0.1) is 0 Å². The average molecular weight is 256 g/mol. The van der Waals surface area contributed by atoms with Crippen molar-refractivity contribution in [3.8, 4) is 0 Å². The molecule has 0 aliphatic heterocycles. The molecule has 0 aromatic heterocycles. The van der Waals surface area contributed by atoms with Crippen LogP contribution in [0.3, 0.4) is 0 Å². The molecular formula is C8H11F7O. The van der Waals surface area contributed by atoms with Crippen LogP contribution in [0.4, 0.5) is 30.7 Å². The Hall–Kier alpha value is -0.530. The third kappa shape index (κ3) is 5.00. The van der Waals surface area contributed by atoms with E-state index < -0.39 is 37.7 Å². The molecule has 0 radical (unpaired) electrons. The molecule has 0 aliphatic rings. The monoisotopic (exact) mass is 256 g/mol. The van der Waals surface area contributed by atoms with E-state index in [1.54, 1.807) is 0 Å². The predicted molar refractivity (Wildman–Crippen MR) is 41.7 cm³/mol. The Morgan fingerprint density at radius 1 is 1.12 bits per heavy atom. The minimum atomic E-state index is -5.37. The van der Waals surface area contributed by atoms with Crippen molar-refractivity contribution < 1.29 is 35.5 Å². The summed E-state index contributed by atoms with van der Waals surface area (Å²) in [6, 6.07) is 0. The maximum absolute atomic E-state index is 12.7. The first-order chi connectivity index (χ1) is 7.14. The molecule has 0 aliphatic carbocycles. The molecule has 0 aromatic carbocycles. The minimum Gasteiger partial charge on any atom is -0.304 e. The second kappa shape index (κ2) is 5.70. The molecule has 0 aromatic rings. The summed E-state index contributed by atoms with van der Waals surface area (Å²) in [5.41, 5.74) is 0. The molecule has 2 atom stereocenters. The largest absolute Gasteiger partial charge is 0.417 e. The van der Waals surface area contributed by atoms with E-state index in [0.29, 0.717) is 0 Å². The summed E-state index contributed by atoms with van der Waals surface area (Å²) in [5.74, 6) is 0. The highest BCUT2D eigenvalue weighted by atomic mass is 19.4. The second-order valence-corrected chi connectivity index (χ2v) is 3.14. The van der Waals surface area contributed by atoms with Gasteiger partial charge in [-0.1, -0.05) is 6.92 Å². The van der Waals surface area contributed by atoms with Gasteiger partial charge in [-0.3, -0.25) is 0 Å². The number of hydrogen-bond donors (Lipinski definition) is 0. The number of halogens is 7. The van der Waals surface area contributed by atoms with Gasteiger partial charge in [0.25, 0.3) is 0 Å². The molecule has 2 unspecified atom stereocenters. The summed E-state index contributed by atoms with van der Waals surface area (Å²) in [6.45, 7) is -0.742. The van der Waals surface area contributed by atoms with Crippen LogP contribution >= 0.6 is 0 Å². The van der Waals surface area contributed by atoms with Crippen molar-refractivity contribution in [2.75, 3.05) is 6.67 Å². The molecule has 0 rings (SSSR count). The second-order valence-electron chi connectivity index (χ2n) is 3.14. The molecule has 0 heterocycles. The SMILES string of the molecule is CCCC(F)(F)OC(C(F)CF)C(F)(F)F. The molecule has 16 heavy (non-hydrogen) atoms. The molecule has 0 amide bonds. The minimum absolute atomic E-state index is 0.149. The summed E-state index contributed by atoms with van der Waals surface area (Å²) >= 11 is 0. The Bertz CT molecular complexity index is 203. The highest BCUT2D eigenvalue weighted by Gasteiger charge is 2.51. The van der Waals surface area contributed by atoms with Crippen LogP contribution in [0.15, 0.2) is 0 Å². The van der Waals surface area contributed by atoms with Gasteiger partial charge in [0.2, 0.25) is 0 Å². The quantitative estimate of drug-likeness (QED) is 0.659. The van der Waals surface area contributed by atoms with E-state index in [2.05, 4.69) is 4.74 Å². The summed E-state index contributed by atoms with van der Waals surface area (Å²) in [7, 11) is 0. The van der Waals surface area contributed by atoms with Gasteiger partial charge in [0, 0.05) is 6.42 Å². The summed E-state index contributed by atoms with van der Waals surface area (Å²) in [5, 5.41) is 0. The zero-order valence-electron chi connectivity index (χ0n) is 8.33. The highest BCUT2D eigenvalue weighted by Crippen LogP contribution is 2.33. The van der Waals surface area contributed by atoms with Crippen LogP contribution in [0.2, 0.25) is 0 Å². The van der Waals surface area contributed by atoms with E-state index in [9.17, 15) is 30.7 Å². The van der Waals surface area contributed by atoms with E-state index >= 15 is 0 Å². The first-order valence-corrected chi connectivity index (χ1v) is 4.46. The van der Waals surface area contributed by atoms with E-state index in [4.69, 9.17) is 0 Å². The molecule has 0 saturated carbocycles. The highest BCUT2D eigenvalue weighted by molar-refractivity contribution is 4.78. The molecule has 0 spiro atoms. The molecule has 1 nitrogen and oxygen atoms in total. The first kappa shape index (κ1) is 15.5. The van der Waals surface area contributed by atoms with Gasteiger partial charge in [-0.05, 0) is 6.42 Å². The lowest BCUT2D eigenvalue weighted by Gasteiger charge is -2.27. The van der Waals surface area contributed by atoms with Gasteiger partial charge >= 0.3 is 12.3 Å². The number of rotatable bonds is 6. The predicted octanol–water partition coefficient (Wildman–Crippen LogP) is 3.63. The van der Waals surface area contributed by atoms with E-state index in [1.807, 2.05) is 0 Å². The Morgan fingerprint density at radius 2 is 1.62 bits per heavy atom. The van der Waals surface area contributed by atoms with Crippen LogP contribution in [0.5, 0.6) is 0 Å². The third-order valence-corrected chi connectivity index (χ3v) is 1.64. The Morgan fingerprint density at radius 3 is 1.94 bits per heavy atom. The smallest absolute Gasteiger partial charge is 0.304 e. The van der Waals surface area contributed by atoms with E-state index in [0.717, 1.165) is 0 Å². The van der Waals surface area contributed by atoms with Crippen molar-refractivity contribution in [2.24, 2.45) is 0 Å². The maximum atomic E-state index is 12.7. The standard InChI is InChI=1S/C8H11F7O/c1-2-3-7(11,12)16-6(5(10)4-9)8(13,14)15/h5-6H,2-4H2,1H3. The Labute approximate surface area is 87.6 Å². The van der Waals surface area contributed by atoms with E-state index in [-0.39, 0.29) is 6.42 Å². The van der Waals surface area contributed by atoms with Crippen molar-refractivity contribution in [1.29, 1.82) is 0 Å². The number of ether oxygens (including phenoxy) is 1. The van der Waals surface area contributed by atoms with Crippen LogP contribution in [-0.4, -0.2) is 31.2 Å². The fourth-order valence-corrected chi connectivity index (χ4v) is 0.962. The summed E-state index contributed by atoms with van der Waals surface area (Å²) < 4.78 is 89.1. The molecule has 0 fully saturated rings. The lowest BCUT2D eigenvalue weighted by Crippen LogP contribution is -2.45. The van der Waals surface area contributed by atoms with Gasteiger partial charge < -0.3 is 4.74 Å². The van der Waals surface area contributed by atoms with Gasteiger partial charge in [0.05, 0.1) is 0 Å². The van der Waals surface area contributed by atoms with Crippen molar-refractivity contribution in [3.63, 3.8) is 0 Å². The lowest BCUT2D eigenvalue weighted by molar-refractivity contribution is -0.338. The van der Waals surface area contributed by atoms with Gasteiger partial charge in [0.15, 0.2) is 12.3 Å². The van der Waals surface area contributed by atoms with Crippen LogP contribution in [0, 0.1) is 0 Å². The summed E-state index contributed by atoms with van der Waals surface area (Å²) in [4.78, 5) is 0. The first-order valence-electron chi connectivity index (χ1n) is 4.46. The zero-order valence-corrected chi connectivity index (χ0v) is 8.33. The molecule has 0 bridgehead atoms. The van der Waals surface area contributed by atoms with Crippen LogP contribution in [0.25, 0.3) is 0 Å². The van der Waals surface area contributed by atoms with Crippen LogP contribution < -0.4 is 0 Å². The average Bonchev–Trinajstić information content (AvgIpc) is 2.11. The lowest BCUT2D eigenvalue weighted by atomic mass is 10.2. The molecule has 0 saturated heterocycles. The van der Waals surface area contributed by atoms with Crippen molar-refractivity contribution >= 4 is 0 Å². The molecule has 98 valence electrons. The zero-order chi connectivity index (χ0) is 13.0. The van der Waals surface area contributed by atoms with Gasteiger partial charge in [-0.25, -0.2) is 8.78 Å². The Balaban J connectivity index is 4.68. The molecule has 8 heteroatoms. The fourth-order valence-electron chi connectivity index (χ4n) is 0.962. The fraction of sp³-hybridized carbons (Fsp3) is 1.00. The van der Waals surface area contributed by atoms with Gasteiger partial charge in [0.1, 0.15) is 6.67 Å². The Kier molecular flexibility index (Phi) is 5.51. The maximum Gasteiger partial charge on any atom is 0.417 e. The van der Waals surface area contributed by atoms with Gasteiger partial charge in [-0.2, -0.15) is 22.0 Å². The van der Waals surface area contributed by atoms with Crippen LogP contribution in [-0.2, 0) is 4.74 Å². The summed E-state index contributed by atoms with van der Waals surface area (Å²) in [6.07, 6.45) is -17.2. The van der Waals surface area contributed by atoms with Crippen molar-refractivity contribution in [1.82, 2.24) is 0 Å². The topological polar surface area (TPSA) is 9.23 Å². The van der Waals surface area contributed by atoms with Crippen LogP contribution in [0.1, 0.15) is 19.8 Å². The number of alkyl halides is 7. The third-order valence-electron chi connectivity index (χ3n) is 1.64. The molecular weight excluding hydrogens is 245 g/mol. The van der Waals surface area contributed by atoms with Crippen molar-refractivity contribution in [2.45, 2.75) is 44.3 Å². The molecule has 0 N–H and O–H groups in total. The number of hydrogen-bond acceptors (Lipinski definition) is 1. The van der Waals surface area contributed by atoms with Crippen molar-refractivity contribution in [3.05, 3.63) is 0 Å². The van der Waals surface area contributed by atoms with E-state index in [1.165, 1.54) is 6.92 Å². The normalized spacial score (nSPS) is 17.2.